The Labute approximate surface area is 197 Å². The van der Waals surface area contributed by atoms with Crippen molar-refractivity contribution in [2.45, 2.75) is 39.0 Å². The van der Waals surface area contributed by atoms with Crippen LogP contribution in [0.25, 0.3) is 6.08 Å². The Morgan fingerprint density at radius 2 is 1.94 bits per heavy atom. The molecule has 0 aromatic carbocycles. The summed E-state index contributed by atoms with van der Waals surface area (Å²) < 4.78 is 0. The van der Waals surface area contributed by atoms with Gasteiger partial charge in [-0.05, 0) is 59.1 Å². The molecule has 0 unspecified atom stereocenters. The maximum absolute atomic E-state index is 13.0. The molecular weight excluding hydrogens is 442 g/mol. The van der Waals surface area contributed by atoms with Crippen LogP contribution >= 0.6 is 11.3 Å². The highest BCUT2D eigenvalue weighted by molar-refractivity contribution is 7.08. The largest absolute Gasteiger partial charge is 0.342 e. The summed E-state index contributed by atoms with van der Waals surface area (Å²) in [5.41, 5.74) is 1.05. The van der Waals surface area contributed by atoms with E-state index in [0.717, 1.165) is 24.8 Å². The number of likely N-dealkylation sites (tertiary alicyclic amines) is 2. The average Bonchev–Trinajstić information content (AvgIpc) is 3.50. The molecule has 3 heterocycles. The van der Waals surface area contributed by atoms with Crippen LogP contribution in [0, 0.1) is 33.3 Å². The van der Waals surface area contributed by atoms with Crippen molar-refractivity contribution in [1.29, 1.82) is 0 Å². The second-order valence-corrected chi connectivity index (χ2v) is 10.7. The van der Waals surface area contributed by atoms with Gasteiger partial charge >= 0.3 is 0 Å². The van der Waals surface area contributed by atoms with E-state index < -0.39 is 5.92 Å². The van der Waals surface area contributed by atoms with Gasteiger partial charge in [0.05, 0.1) is 0 Å². The minimum Gasteiger partial charge on any atom is -0.342 e. The molecule has 3 fully saturated rings. The topological polar surface area (TPSA) is 101 Å². The van der Waals surface area contributed by atoms with Crippen LogP contribution in [0.3, 0.4) is 0 Å². The van der Waals surface area contributed by atoms with E-state index in [0.29, 0.717) is 32.6 Å². The van der Waals surface area contributed by atoms with Gasteiger partial charge in [0.2, 0.25) is 18.4 Å². The van der Waals surface area contributed by atoms with E-state index in [1.165, 1.54) is 0 Å². The highest BCUT2D eigenvalue weighted by Gasteiger charge is 2.46. The van der Waals surface area contributed by atoms with E-state index in [2.05, 4.69) is 0 Å². The number of nitro groups is 1. The van der Waals surface area contributed by atoms with Crippen molar-refractivity contribution >= 4 is 35.0 Å². The standard InChI is InChI=1S/C24H31N3O5S/c1-17-12-21(28)19(20(17)14-27(31)32)13-23(30)26-10-7-24(16-26)5-8-25(9-6-24)22(29)3-2-18-4-11-33-15-18/h2-4,11,15,17,19-20H,5-10,12-14,16H2,1H3/b3-2+/t17-,19-,20+/m1/s1. The lowest BCUT2D eigenvalue weighted by atomic mass is 9.77. The van der Waals surface area contributed by atoms with Crippen molar-refractivity contribution in [3.05, 3.63) is 38.6 Å². The first-order chi connectivity index (χ1) is 15.8. The second-order valence-electron chi connectivity index (χ2n) is 9.92. The SMILES string of the molecule is C[C@@H]1CC(=O)[C@H](CC(=O)N2CCC3(CCN(C(=O)/C=C/c4ccsc4)CC3)C2)[C@H]1C[N+](=O)[O-]. The molecule has 33 heavy (non-hydrogen) atoms. The third kappa shape index (κ3) is 5.34. The highest BCUT2D eigenvalue weighted by atomic mass is 32.1. The number of rotatable bonds is 6. The molecule has 1 aromatic heterocycles. The van der Waals surface area contributed by atoms with Crippen molar-refractivity contribution in [2.24, 2.45) is 23.2 Å². The maximum Gasteiger partial charge on any atom is 0.246 e. The average molecular weight is 474 g/mol. The molecule has 3 atom stereocenters. The molecule has 4 rings (SSSR count). The zero-order valence-corrected chi connectivity index (χ0v) is 19.8. The minimum absolute atomic E-state index is 0.0149. The number of hydrogen-bond acceptors (Lipinski definition) is 6. The van der Waals surface area contributed by atoms with Crippen LogP contribution in [0.15, 0.2) is 22.9 Å². The summed E-state index contributed by atoms with van der Waals surface area (Å²) in [5, 5.41) is 15.0. The van der Waals surface area contributed by atoms with Crippen molar-refractivity contribution in [2.75, 3.05) is 32.7 Å². The smallest absolute Gasteiger partial charge is 0.246 e. The fourth-order valence-electron chi connectivity index (χ4n) is 5.72. The number of hydrogen-bond donors (Lipinski definition) is 0. The third-order valence-corrected chi connectivity index (χ3v) is 8.53. The number of carbonyl (C=O) groups excluding carboxylic acids is 3. The van der Waals surface area contributed by atoms with Crippen molar-refractivity contribution in [3.8, 4) is 0 Å². The first-order valence-corrected chi connectivity index (χ1v) is 12.6. The van der Waals surface area contributed by atoms with Gasteiger partial charge in [0, 0.05) is 61.9 Å². The fraction of sp³-hybridized carbons (Fsp3) is 0.625. The fourth-order valence-corrected chi connectivity index (χ4v) is 6.35. The lowest BCUT2D eigenvalue weighted by Crippen LogP contribution is -2.44. The number of Topliss-reactive ketones (excluding diaryl/α,β-unsaturated/α-hetero) is 1. The van der Waals surface area contributed by atoms with Gasteiger partial charge in [-0.25, -0.2) is 0 Å². The van der Waals surface area contributed by atoms with Crippen molar-refractivity contribution in [1.82, 2.24) is 9.80 Å². The quantitative estimate of drug-likeness (QED) is 0.359. The number of piperidine rings is 1. The molecule has 2 amide bonds. The molecule has 2 saturated heterocycles. The van der Waals surface area contributed by atoms with Gasteiger partial charge in [-0.1, -0.05) is 6.92 Å². The van der Waals surface area contributed by atoms with Gasteiger partial charge in [0.15, 0.2) is 0 Å². The summed E-state index contributed by atoms with van der Waals surface area (Å²) in [7, 11) is 0. The van der Waals surface area contributed by atoms with Crippen molar-refractivity contribution in [3.63, 3.8) is 0 Å². The highest BCUT2D eigenvalue weighted by Crippen LogP contribution is 2.42. The molecule has 2 aliphatic heterocycles. The van der Waals surface area contributed by atoms with E-state index >= 15 is 0 Å². The first kappa shape index (κ1) is 23.6. The molecule has 0 radical (unpaired) electrons. The molecule has 3 aliphatic rings. The molecule has 1 saturated carbocycles. The van der Waals surface area contributed by atoms with E-state index in [-0.39, 0.29) is 52.7 Å². The summed E-state index contributed by atoms with van der Waals surface area (Å²) in [6.45, 7) is 4.28. The first-order valence-electron chi connectivity index (χ1n) is 11.7. The summed E-state index contributed by atoms with van der Waals surface area (Å²) in [4.78, 5) is 52.3. The molecule has 1 spiro atoms. The van der Waals surface area contributed by atoms with Gasteiger partial charge in [0.25, 0.3) is 0 Å². The Bertz CT molecular complexity index is 936. The number of carbonyl (C=O) groups is 3. The van der Waals surface area contributed by atoms with Gasteiger partial charge in [-0.15, -0.1) is 0 Å². The van der Waals surface area contributed by atoms with E-state index in [1.54, 1.807) is 17.4 Å². The lowest BCUT2D eigenvalue weighted by Gasteiger charge is -2.39. The van der Waals surface area contributed by atoms with Crippen LogP contribution < -0.4 is 0 Å². The van der Waals surface area contributed by atoms with Gasteiger partial charge in [0.1, 0.15) is 5.78 Å². The Kier molecular flexibility index (Phi) is 6.97. The molecule has 178 valence electrons. The summed E-state index contributed by atoms with van der Waals surface area (Å²) in [6.07, 6.45) is 6.50. The van der Waals surface area contributed by atoms with Crippen LogP contribution in [-0.4, -0.2) is 65.0 Å². The van der Waals surface area contributed by atoms with E-state index in [9.17, 15) is 24.5 Å². The number of nitrogens with zero attached hydrogens (tertiary/aromatic N) is 3. The third-order valence-electron chi connectivity index (χ3n) is 7.83. The van der Waals surface area contributed by atoms with Crippen LogP contribution in [-0.2, 0) is 14.4 Å². The molecule has 1 aliphatic carbocycles. The van der Waals surface area contributed by atoms with Crippen molar-refractivity contribution < 1.29 is 19.3 Å². The predicted molar refractivity (Wildman–Crippen MR) is 125 cm³/mol. The lowest BCUT2D eigenvalue weighted by molar-refractivity contribution is -0.490. The number of thiophene rings is 1. The molecule has 0 N–H and O–H groups in total. The Morgan fingerprint density at radius 3 is 2.58 bits per heavy atom. The number of ketones is 1. The van der Waals surface area contributed by atoms with E-state index in [1.807, 2.05) is 39.6 Å². The monoisotopic (exact) mass is 473 g/mol. The summed E-state index contributed by atoms with van der Waals surface area (Å²) >= 11 is 1.60. The normalized spacial score (nSPS) is 27.1. The second kappa shape index (κ2) is 9.75. The van der Waals surface area contributed by atoms with Gasteiger partial charge in [-0.3, -0.25) is 24.5 Å². The van der Waals surface area contributed by atoms with Crippen LogP contribution in [0.5, 0.6) is 0 Å². The van der Waals surface area contributed by atoms with Gasteiger partial charge in [-0.2, -0.15) is 11.3 Å². The zero-order valence-electron chi connectivity index (χ0n) is 19.0. The Balaban J connectivity index is 1.29. The zero-order chi connectivity index (χ0) is 23.6. The van der Waals surface area contributed by atoms with E-state index in [4.69, 9.17) is 0 Å². The predicted octanol–water partition coefficient (Wildman–Crippen LogP) is 3.11. The summed E-state index contributed by atoms with van der Waals surface area (Å²) in [6, 6.07) is 1.98. The molecule has 0 bridgehead atoms. The molecule has 1 aromatic rings. The molecule has 8 nitrogen and oxygen atoms in total. The number of amides is 2. The molecular formula is C24H31N3O5S. The maximum atomic E-state index is 13.0. The summed E-state index contributed by atoms with van der Waals surface area (Å²) in [5.74, 6) is -1.01. The minimum atomic E-state index is -0.538. The Hall–Kier alpha value is -2.55. The van der Waals surface area contributed by atoms with Crippen LogP contribution in [0.4, 0.5) is 0 Å². The van der Waals surface area contributed by atoms with Crippen LogP contribution in [0.1, 0.15) is 44.6 Å². The molecule has 9 heteroatoms. The Morgan fingerprint density at radius 1 is 1.24 bits per heavy atom. The van der Waals surface area contributed by atoms with Crippen LogP contribution in [0.2, 0.25) is 0 Å². The van der Waals surface area contributed by atoms with Gasteiger partial charge < -0.3 is 9.80 Å².